The summed E-state index contributed by atoms with van der Waals surface area (Å²) in [6.07, 6.45) is 4.56. The van der Waals surface area contributed by atoms with Crippen molar-refractivity contribution >= 4 is 11.7 Å². The van der Waals surface area contributed by atoms with Crippen molar-refractivity contribution in [2.24, 2.45) is 0 Å². The SMILES string of the molecule is O=C(NC(CO)c1cc(F)c(F)c(F)c1)c1cn2cccnc2n1. The Hall–Kier alpha value is -2.94. The summed E-state index contributed by atoms with van der Waals surface area (Å²) in [4.78, 5) is 20.2. The van der Waals surface area contributed by atoms with E-state index in [1.54, 1.807) is 12.3 Å². The van der Waals surface area contributed by atoms with Crippen LogP contribution in [-0.4, -0.2) is 32.0 Å². The number of aliphatic hydroxyl groups excluding tert-OH is 1. The van der Waals surface area contributed by atoms with Crippen LogP contribution in [0.1, 0.15) is 22.1 Å². The van der Waals surface area contributed by atoms with Crippen molar-refractivity contribution in [2.75, 3.05) is 6.61 Å². The molecule has 24 heavy (non-hydrogen) atoms. The summed E-state index contributed by atoms with van der Waals surface area (Å²) in [5, 5.41) is 11.8. The van der Waals surface area contributed by atoms with E-state index in [9.17, 15) is 23.1 Å². The van der Waals surface area contributed by atoms with Crippen LogP contribution in [-0.2, 0) is 0 Å². The largest absolute Gasteiger partial charge is 0.394 e. The summed E-state index contributed by atoms with van der Waals surface area (Å²) in [6, 6.07) is 1.95. The molecular weight excluding hydrogens is 325 g/mol. The first-order valence-electron chi connectivity index (χ1n) is 6.85. The molecular formula is C15H11F3N4O2. The van der Waals surface area contributed by atoms with E-state index in [4.69, 9.17) is 0 Å². The fraction of sp³-hybridized carbons (Fsp3) is 0.133. The van der Waals surface area contributed by atoms with Gasteiger partial charge in [-0.05, 0) is 23.8 Å². The highest BCUT2D eigenvalue weighted by atomic mass is 19.2. The van der Waals surface area contributed by atoms with Gasteiger partial charge in [0.1, 0.15) is 5.69 Å². The van der Waals surface area contributed by atoms with E-state index in [-0.39, 0.29) is 11.3 Å². The molecule has 0 bridgehead atoms. The van der Waals surface area contributed by atoms with E-state index in [1.165, 1.54) is 16.8 Å². The maximum Gasteiger partial charge on any atom is 0.272 e. The van der Waals surface area contributed by atoms with E-state index < -0.39 is 36.0 Å². The van der Waals surface area contributed by atoms with Gasteiger partial charge < -0.3 is 10.4 Å². The Morgan fingerprint density at radius 3 is 2.62 bits per heavy atom. The van der Waals surface area contributed by atoms with Gasteiger partial charge in [-0.2, -0.15) is 0 Å². The molecule has 0 fully saturated rings. The van der Waals surface area contributed by atoms with Crippen LogP contribution in [0.15, 0.2) is 36.8 Å². The number of imidazole rings is 1. The molecule has 1 aromatic carbocycles. The number of aromatic nitrogens is 3. The molecule has 1 amide bonds. The van der Waals surface area contributed by atoms with Gasteiger partial charge in [-0.1, -0.05) is 0 Å². The molecule has 1 unspecified atom stereocenters. The molecule has 6 nitrogen and oxygen atoms in total. The van der Waals surface area contributed by atoms with E-state index in [1.807, 2.05) is 0 Å². The van der Waals surface area contributed by atoms with Crippen LogP contribution in [0.2, 0.25) is 0 Å². The predicted molar refractivity (Wildman–Crippen MR) is 76.6 cm³/mol. The van der Waals surface area contributed by atoms with Gasteiger partial charge in [-0.25, -0.2) is 23.1 Å². The highest BCUT2D eigenvalue weighted by Crippen LogP contribution is 2.19. The topological polar surface area (TPSA) is 79.5 Å². The molecule has 9 heteroatoms. The maximum atomic E-state index is 13.3. The summed E-state index contributed by atoms with van der Waals surface area (Å²) in [5.74, 6) is -4.82. The fourth-order valence-corrected chi connectivity index (χ4v) is 2.18. The van der Waals surface area contributed by atoms with Gasteiger partial charge in [0, 0.05) is 18.6 Å². The standard InChI is InChI=1S/C15H11F3N4O2/c16-9-4-8(5-10(17)13(9)18)12(7-23)20-14(24)11-6-22-3-1-2-19-15(22)21-11/h1-6,12,23H,7H2,(H,20,24). The third-order valence-electron chi connectivity index (χ3n) is 3.36. The van der Waals surface area contributed by atoms with Gasteiger partial charge in [0.25, 0.3) is 5.91 Å². The minimum Gasteiger partial charge on any atom is -0.394 e. The van der Waals surface area contributed by atoms with Gasteiger partial charge in [-0.3, -0.25) is 9.20 Å². The number of carbonyl (C=O) groups is 1. The van der Waals surface area contributed by atoms with E-state index >= 15 is 0 Å². The van der Waals surface area contributed by atoms with Crippen LogP contribution in [0, 0.1) is 17.5 Å². The lowest BCUT2D eigenvalue weighted by molar-refractivity contribution is 0.0911. The molecule has 0 spiro atoms. The number of nitrogens with zero attached hydrogens (tertiary/aromatic N) is 3. The molecule has 0 aliphatic rings. The Bertz CT molecular complexity index is 857. The molecule has 0 aliphatic carbocycles. The minimum absolute atomic E-state index is 0.00945. The minimum atomic E-state index is -1.62. The van der Waals surface area contributed by atoms with E-state index in [0.717, 1.165) is 0 Å². The molecule has 2 heterocycles. The Morgan fingerprint density at radius 2 is 2.00 bits per heavy atom. The number of fused-ring (bicyclic) bond motifs is 1. The average Bonchev–Trinajstić information content (AvgIpc) is 3.01. The van der Waals surface area contributed by atoms with Crippen LogP contribution in [0.5, 0.6) is 0 Å². The summed E-state index contributed by atoms with van der Waals surface area (Å²) in [7, 11) is 0. The van der Waals surface area contributed by atoms with Crippen molar-refractivity contribution in [3.63, 3.8) is 0 Å². The van der Waals surface area contributed by atoms with Gasteiger partial charge in [0.15, 0.2) is 17.5 Å². The summed E-state index contributed by atoms with van der Waals surface area (Å²) >= 11 is 0. The van der Waals surface area contributed by atoms with Gasteiger partial charge in [0.05, 0.1) is 12.6 Å². The normalized spacial score (nSPS) is 12.3. The molecule has 0 radical (unpaired) electrons. The van der Waals surface area contributed by atoms with Crippen molar-refractivity contribution < 1.29 is 23.1 Å². The Morgan fingerprint density at radius 1 is 1.29 bits per heavy atom. The quantitative estimate of drug-likeness (QED) is 0.710. The van der Waals surface area contributed by atoms with Crippen molar-refractivity contribution in [1.82, 2.24) is 19.7 Å². The summed E-state index contributed by atoms with van der Waals surface area (Å²) < 4.78 is 41.1. The number of carbonyl (C=O) groups excluding carboxylic acids is 1. The summed E-state index contributed by atoms with van der Waals surface area (Å²) in [6.45, 7) is -0.637. The van der Waals surface area contributed by atoms with Crippen LogP contribution < -0.4 is 5.32 Å². The third kappa shape index (κ3) is 2.93. The third-order valence-corrected chi connectivity index (χ3v) is 3.36. The monoisotopic (exact) mass is 336 g/mol. The van der Waals surface area contributed by atoms with Crippen LogP contribution in [0.25, 0.3) is 5.78 Å². The molecule has 3 aromatic rings. The molecule has 0 saturated carbocycles. The Kier molecular flexibility index (Phi) is 4.17. The molecule has 1 atom stereocenters. The molecule has 0 saturated heterocycles. The highest BCUT2D eigenvalue weighted by Gasteiger charge is 2.20. The summed E-state index contributed by atoms with van der Waals surface area (Å²) in [5.41, 5.74) is -0.0978. The number of hydrogen-bond donors (Lipinski definition) is 2. The van der Waals surface area contributed by atoms with Crippen molar-refractivity contribution in [3.05, 3.63) is 65.5 Å². The molecule has 124 valence electrons. The van der Waals surface area contributed by atoms with E-state index in [0.29, 0.717) is 17.9 Å². The van der Waals surface area contributed by atoms with Crippen molar-refractivity contribution in [1.29, 1.82) is 0 Å². The van der Waals surface area contributed by atoms with Gasteiger partial charge in [0.2, 0.25) is 5.78 Å². The first kappa shape index (κ1) is 15.9. The second-order valence-corrected chi connectivity index (χ2v) is 4.96. The first-order valence-corrected chi connectivity index (χ1v) is 6.85. The highest BCUT2D eigenvalue weighted by molar-refractivity contribution is 5.93. The molecule has 0 aliphatic heterocycles. The molecule has 3 rings (SSSR count). The average molecular weight is 336 g/mol. The zero-order valence-corrected chi connectivity index (χ0v) is 12.1. The van der Waals surface area contributed by atoms with E-state index in [2.05, 4.69) is 15.3 Å². The lowest BCUT2D eigenvalue weighted by Crippen LogP contribution is -2.31. The Balaban J connectivity index is 1.85. The first-order chi connectivity index (χ1) is 11.5. The smallest absolute Gasteiger partial charge is 0.272 e. The number of hydrogen-bond acceptors (Lipinski definition) is 4. The fourth-order valence-electron chi connectivity index (χ4n) is 2.18. The Labute approximate surface area is 133 Å². The molecule has 2 N–H and O–H groups in total. The predicted octanol–water partition coefficient (Wildman–Crippen LogP) is 1.61. The number of amides is 1. The van der Waals surface area contributed by atoms with Crippen molar-refractivity contribution in [3.8, 4) is 0 Å². The van der Waals surface area contributed by atoms with Crippen LogP contribution in [0.4, 0.5) is 13.2 Å². The number of nitrogens with one attached hydrogen (secondary N) is 1. The zero-order chi connectivity index (χ0) is 17.3. The lowest BCUT2D eigenvalue weighted by Gasteiger charge is -2.16. The number of aliphatic hydroxyl groups is 1. The second kappa shape index (κ2) is 6.28. The number of rotatable bonds is 4. The number of halogens is 3. The number of benzene rings is 1. The van der Waals surface area contributed by atoms with Gasteiger partial charge in [-0.15, -0.1) is 0 Å². The maximum absolute atomic E-state index is 13.3. The second-order valence-electron chi connectivity index (χ2n) is 4.96. The van der Waals surface area contributed by atoms with Crippen LogP contribution in [0.3, 0.4) is 0 Å². The lowest BCUT2D eigenvalue weighted by atomic mass is 10.1. The van der Waals surface area contributed by atoms with Crippen molar-refractivity contribution in [2.45, 2.75) is 6.04 Å². The zero-order valence-electron chi connectivity index (χ0n) is 12.1. The van der Waals surface area contributed by atoms with Crippen LogP contribution >= 0.6 is 0 Å². The molecule has 2 aromatic heterocycles. The van der Waals surface area contributed by atoms with Gasteiger partial charge >= 0.3 is 0 Å².